The molecule has 10 nitrogen and oxygen atoms in total. The number of rotatable bonds is 37. The van der Waals surface area contributed by atoms with Crippen LogP contribution in [0, 0.1) is 0 Å². The largest absolute Gasteiger partial charge is 0.462 e. The van der Waals surface area contributed by atoms with Crippen LogP contribution in [-0.4, -0.2) is 89.0 Å². The predicted octanol–water partition coefficient (Wildman–Crippen LogP) is 9.33. The van der Waals surface area contributed by atoms with Crippen molar-refractivity contribution in [2.75, 3.05) is 19.8 Å². The summed E-state index contributed by atoms with van der Waals surface area (Å²) in [7, 11) is 0. The smallest absolute Gasteiger partial charge is 0.306 e. The topological polar surface area (TPSA) is 152 Å². The maximum atomic E-state index is 12.8. The van der Waals surface area contributed by atoms with Crippen LogP contribution in [0.1, 0.15) is 194 Å². The van der Waals surface area contributed by atoms with E-state index in [0.29, 0.717) is 12.8 Å². The second-order valence-electron chi connectivity index (χ2n) is 15.5. The molecule has 0 amide bonds. The summed E-state index contributed by atoms with van der Waals surface area (Å²) in [5, 5.41) is 40.0. The van der Waals surface area contributed by atoms with Gasteiger partial charge in [-0.15, -0.1) is 0 Å². The molecule has 0 bridgehead atoms. The number of unbranched alkanes of at least 4 members (excludes halogenated alkanes) is 22. The van der Waals surface area contributed by atoms with Crippen LogP contribution in [0.5, 0.6) is 0 Å². The summed E-state index contributed by atoms with van der Waals surface area (Å²) in [6.07, 6.45) is 31.9. The van der Waals surface area contributed by atoms with E-state index in [-0.39, 0.29) is 26.1 Å². The number of hydrogen-bond donors (Lipinski definition) is 4. The van der Waals surface area contributed by atoms with E-state index < -0.39 is 55.4 Å². The molecule has 1 aliphatic heterocycles. The third kappa shape index (κ3) is 28.3. The lowest BCUT2D eigenvalue weighted by molar-refractivity contribution is -0.305. The molecule has 2 unspecified atom stereocenters. The number of esters is 2. The summed E-state index contributed by atoms with van der Waals surface area (Å²) in [4.78, 5) is 25.3. The molecule has 1 fully saturated rings. The molecule has 10 heteroatoms. The van der Waals surface area contributed by atoms with E-state index in [4.69, 9.17) is 18.9 Å². The third-order valence-electron chi connectivity index (χ3n) is 10.3. The molecule has 4 N–H and O–H groups in total. The van der Waals surface area contributed by atoms with Crippen molar-refractivity contribution in [3.05, 3.63) is 24.3 Å². The third-order valence-corrected chi connectivity index (χ3v) is 10.3. The SMILES string of the molecule is CCCC/C=C/CCCCCCCCCCCC(=O)O[C@@H](COC(=O)CC/C=C/CCCCCCCCCCCCC)CO[C@H]1O[C@@H](CO)[C@@H](O)C(O)C1O. The molecule has 0 aromatic carbocycles. The molecule has 0 saturated carbocycles. The Morgan fingerprint density at radius 2 is 1.02 bits per heavy atom. The molecule has 0 spiro atoms. The van der Waals surface area contributed by atoms with Gasteiger partial charge in [-0.3, -0.25) is 9.59 Å². The van der Waals surface area contributed by atoms with Gasteiger partial charge in [0.15, 0.2) is 12.4 Å². The molecule has 322 valence electrons. The Morgan fingerprint density at radius 1 is 0.545 bits per heavy atom. The Morgan fingerprint density at radius 3 is 1.55 bits per heavy atom. The van der Waals surface area contributed by atoms with Crippen molar-refractivity contribution in [3.8, 4) is 0 Å². The molecule has 1 heterocycles. The van der Waals surface area contributed by atoms with E-state index in [9.17, 15) is 30.0 Å². The van der Waals surface area contributed by atoms with E-state index in [2.05, 4.69) is 32.1 Å². The van der Waals surface area contributed by atoms with E-state index in [0.717, 1.165) is 32.1 Å². The second kappa shape index (κ2) is 36.5. The molecule has 55 heavy (non-hydrogen) atoms. The number of ether oxygens (including phenoxy) is 4. The highest BCUT2D eigenvalue weighted by molar-refractivity contribution is 5.70. The lowest BCUT2D eigenvalue weighted by Gasteiger charge is -2.39. The summed E-state index contributed by atoms with van der Waals surface area (Å²) in [5.41, 5.74) is 0. The van der Waals surface area contributed by atoms with Crippen LogP contribution in [0.3, 0.4) is 0 Å². The Kier molecular flexibility index (Phi) is 34.0. The van der Waals surface area contributed by atoms with Crippen molar-refractivity contribution in [3.63, 3.8) is 0 Å². The van der Waals surface area contributed by atoms with Crippen LogP contribution in [0.4, 0.5) is 0 Å². The van der Waals surface area contributed by atoms with Crippen LogP contribution < -0.4 is 0 Å². The van der Waals surface area contributed by atoms with Crippen molar-refractivity contribution in [2.45, 2.75) is 230 Å². The lowest BCUT2D eigenvalue weighted by atomic mass is 9.99. The standard InChI is InChI=1S/C45H82O10/c1-3-5-7-9-11-13-15-17-19-21-23-25-27-29-31-33-40(47)52-36-38(37-53-45-44(51)43(50)42(49)39(35-46)55-45)54-41(48)34-32-30-28-26-24-22-20-18-16-14-12-10-8-6-4-2/h10,12,27,29,38-39,42-46,49-51H,3-9,11,13-26,28,30-37H2,1-2H3/b12-10+,29-27+/t38-,39-,42+,43?,44?,45-/m0/s1. The molecule has 6 atom stereocenters. The van der Waals surface area contributed by atoms with Crippen LogP contribution in [0.2, 0.25) is 0 Å². The van der Waals surface area contributed by atoms with Gasteiger partial charge >= 0.3 is 11.9 Å². The van der Waals surface area contributed by atoms with Gasteiger partial charge in [0, 0.05) is 12.8 Å². The number of carbonyl (C=O) groups is 2. The normalized spacial score (nSPS) is 20.7. The van der Waals surface area contributed by atoms with Gasteiger partial charge in [-0.1, -0.05) is 160 Å². The fourth-order valence-electron chi connectivity index (χ4n) is 6.72. The quantitative estimate of drug-likeness (QED) is 0.0273. The van der Waals surface area contributed by atoms with E-state index in [1.54, 1.807) is 0 Å². The fourth-order valence-corrected chi connectivity index (χ4v) is 6.72. The summed E-state index contributed by atoms with van der Waals surface area (Å²) in [6.45, 7) is 3.36. The molecule has 0 radical (unpaired) electrons. The van der Waals surface area contributed by atoms with Crippen LogP contribution in [0.15, 0.2) is 24.3 Å². The van der Waals surface area contributed by atoms with Gasteiger partial charge in [-0.25, -0.2) is 0 Å². The number of aliphatic hydroxyl groups is 4. The molecule has 1 aliphatic rings. The molecule has 0 aromatic rings. The van der Waals surface area contributed by atoms with Crippen LogP contribution in [-0.2, 0) is 28.5 Å². The number of carbonyl (C=O) groups excluding carboxylic acids is 2. The lowest BCUT2D eigenvalue weighted by Crippen LogP contribution is -2.59. The Bertz CT molecular complexity index is 954. The van der Waals surface area contributed by atoms with Crippen molar-refractivity contribution in [1.29, 1.82) is 0 Å². The Hall–Kier alpha value is -1.82. The predicted molar refractivity (Wildman–Crippen MR) is 219 cm³/mol. The van der Waals surface area contributed by atoms with E-state index in [1.165, 1.54) is 122 Å². The number of aliphatic hydroxyl groups excluding tert-OH is 4. The van der Waals surface area contributed by atoms with Crippen molar-refractivity contribution < 1.29 is 49.0 Å². The number of hydrogen-bond acceptors (Lipinski definition) is 10. The zero-order valence-corrected chi connectivity index (χ0v) is 34.9. The highest BCUT2D eigenvalue weighted by Gasteiger charge is 2.44. The van der Waals surface area contributed by atoms with E-state index >= 15 is 0 Å². The van der Waals surface area contributed by atoms with Crippen molar-refractivity contribution in [2.24, 2.45) is 0 Å². The first kappa shape index (κ1) is 51.2. The first-order chi connectivity index (χ1) is 26.8. The Balaban J connectivity index is 2.35. The minimum atomic E-state index is -1.60. The monoisotopic (exact) mass is 783 g/mol. The fraction of sp³-hybridized carbons (Fsp3) is 0.867. The van der Waals surface area contributed by atoms with Crippen molar-refractivity contribution >= 4 is 11.9 Å². The van der Waals surface area contributed by atoms with Gasteiger partial charge in [-0.2, -0.15) is 0 Å². The Labute approximate surface area is 334 Å². The van der Waals surface area contributed by atoms with Gasteiger partial charge in [0.05, 0.1) is 13.2 Å². The van der Waals surface area contributed by atoms with Gasteiger partial charge < -0.3 is 39.4 Å². The minimum Gasteiger partial charge on any atom is -0.462 e. The highest BCUT2D eigenvalue weighted by atomic mass is 16.7. The maximum Gasteiger partial charge on any atom is 0.306 e. The number of allylic oxidation sites excluding steroid dienone is 4. The average Bonchev–Trinajstić information content (AvgIpc) is 3.18. The maximum absolute atomic E-state index is 12.8. The molecule has 1 rings (SSSR count). The van der Waals surface area contributed by atoms with Gasteiger partial charge in [0.25, 0.3) is 0 Å². The van der Waals surface area contributed by atoms with Crippen LogP contribution >= 0.6 is 0 Å². The van der Waals surface area contributed by atoms with Gasteiger partial charge in [-0.05, 0) is 44.9 Å². The molecular formula is C45H82O10. The first-order valence-electron chi connectivity index (χ1n) is 22.4. The van der Waals surface area contributed by atoms with Crippen molar-refractivity contribution in [1.82, 2.24) is 0 Å². The highest BCUT2D eigenvalue weighted by Crippen LogP contribution is 2.22. The molecular weight excluding hydrogens is 700 g/mol. The second-order valence-corrected chi connectivity index (χ2v) is 15.5. The van der Waals surface area contributed by atoms with E-state index in [1.807, 2.05) is 6.08 Å². The van der Waals surface area contributed by atoms with Gasteiger partial charge in [0.1, 0.15) is 31.0 Å². The molecule has 0 aromatic heterocycles. The zero-order chi connectivity index (χ0) is 40.2. The zero-order valence-electron chi connectivity index (χ0n) is 34.9. The summed E-state index contributed by atoms with van der Waals surface area (Å²) < 4.78 is 22.1. The summed E-state index contributed by atoms with van der Waals surface area (Å²) >= 11 is 0. The summed E-state index contributed by atoms with van der Waals surface area (Å²) in [6, 6.07) is 0. The minimum absolute atomic E-state index is 0.194. The first-order valence-corrected chi connectivity index (χ1v) is 22.4. The van der Waals surface area contributed by atoms with Gasteiger partial charge in [0.2, 0.25) is 0 Å². The molecule has 1 saturated heterocycles. The van der Waals surface area contributed by atoms with Crippen LogP contribution in [0.25, 0.3) is 0 Å². The summed E-state index contributed by atoms with van der Waals surface area (Å²) in [5.74, 6) is -0.861. The molecule has 0 aliphatic carbocycles. The average molecular weight is 783 g/mol.